The van der Waals surface area contributed by atoms with E-state index in [2.05, 4.69) is 6.92 Å². The van der Waals surface area contributed by atoms with Crippen molar-refractivity contribution in [1.29, 1.82) is 0 Å². The van der Waals surface area contributed by atoms with Crippen LogP contribution >= 0.6 is 0 Å². The van der Waals surface area contributed by atoms with Crippen molar-refractivity contribution in [1.82, 2.24) is 14.7 Å². The summed E-state index contributed by atoms with van der Waals surface area (Å²) in [5.74, 6) is -1.25. The summed E-state index contributed by atoms with van der Waals surface area (Å²) >= 11 is 0. The third-order valence-electron chi connectivity index (χ3n) is 7.07. The van der Waals surface area contributed by atoms with Crippen LogP contribution in [0.15, 0.2) is 53.4 Å². The number of rotatable bonds is 15. The molecule has 226 valence electrons. The lowest BCUT2D eigenvalue weighted by molar-refractivity contribution is -0.151. The number of hydroxylamine groups is 1. The molecule has 2 aromatic carbocycles. The van der Waals surface area contributed by atoms with Gasteiger partial charge < -0.3 is 19.5 Å². The predicted octanol–water partition coefficient (Wildman–Crippen LogP) is 2.60. The fourth-order valence-electron chi connectivity index (χ4n) is 4.68. The summed E-state index contributed by atoms with van der Waals surface area (Å²) in [7, 11) is -3.77. The van der Waals surface area contributed by atoms with Gasteiger partial charge in [0.2, 0.25) is 15.9 Å². The molecule has 0 aromatic heterocycles. The Morgan fingerprint density at radius 2 is 1.54 bits per heavy atom. The lowest BCUT2D eigenvalue weighted by atomic mass is 9.92. The van der Waals surface area contributed by atoms with Crippen LogP contribution in [-0.2, 0) is 26.0 Å². The number of nitrogens with zero attached hydrogens (tertiary/aromatic N) is 2. The molecular weight excluding hydrogens is 550 g/mol. The number of hydrogen-bond donors (Lipinski definition) is 3. The van der Waals surface area contributed by atoms with Crippen molar-refractivity contribution >= 4 is 21.8 Å². The molecule has 0 radical (unpaired) electrons. The summed E-state index contributed by atoms with van der Waals surface area (Å²) in [5.41, 5.74) is 2.44. The zero-order chi connectivity index (χ0) is 29.8. The van der Waals surface area contributed by atoms with Gasteiger partial charge in [0.1, 0.15) is 17.6 Å². The SMILES string of the molecule is CCCCOc1ccc(S(=O)(=O)N2CCN(C(=O)[C@H](CCCc3ccc(OCC)cc3)[C@H](O)C(=O)NO)CC2)cc1. The number of carbonyl (C=O) groups is 2. The van der Waals surface area contributed by atoms with E-state index in [4.69, 9.17) is 14.7 Å². The molecule has 1 heterocycles. The van der Waals surface area contributed by atoms with Crippen LogP contribution in [0.4, 0.5) is 0 Å². The molecule has 1 aliphatic heterocycles. The Morgan fingerprint density at radius 1 is 0.927 bits per heavy atom. The standard InChI is InChI=1S/C29H41N3O8S/c1-3-5-21-40-24-13-15-25(16-14-24)41(37,38)32-19-17-31(18-20-32)29(35)26(27(33)28(34)30-36)8-6-7-22-9-11-23(12-10-22)39-4-2/h9-16,26-27,33,36H,3-8,17-21H2,1-2H3,(H,30,34)/t26-,27+/m1/s1. The van der Waals surface area contributed by atoms with Crippen molar-refractivity contribution in [3.05, 3.63) is 54.1 Å². The highest BCUT2D eigenvalue weighted by Crippen LogP contribution is 2.24. The van der Waals surface area contributed by atoms with Gasteiger partial charge in [-0.1, -0.05) is 25.5 Å². The first-order chi connectivity index (χ1) is 19.7. The topological polar surface area (TPSA) is 146 Å². The molecule has 0 aliphatic carbocycles. The molecule has 3 N–H and O–H groups in total. The number of nitrogens with one attached hydrogen (secondary N) is 1. The third-order valence-corrected chi connectivity index (χ3v) is 8.98. The number of amides is 2. The number of benzene rings is 2. The summed E-state index contributed by atoms with van der Waals surface area (Å²) in [6.07, 6.45) is 1.48. The van der Waals surface area contributed by atoms with Gasteiger partial charge in [-0.2, -0.15) is 4.31 Å². The number of unbranched alkanes of at least 4 members (excludes halogenated alkanes) is 1. The van der Waals surface area contributed by atoms with E-state index >= 15 is 0 Å². The van der Waals surface area contributed by atoms with Crippen LogP contribution in [0.5, 0.6) is 11.5 Å². The Bertz CT molecular complexity index is 1210. The van der Waals surface area contributed by atoms with Crippen LogP contribution in [0.1, 0.15) is 45.1 Å². The third kappa shape index (κ3) is 8.90. The van der Waals surface area contributed by atoms with E-state index in [1.165, 1.54) is 26.8 Å². The Morgan fingerprint density at radius 3 is 2.12 bits per heavy atom. The van der Waals surface area contributed by atoms with Gasteiger partial charge in [0.25, 0.3) is 5.91 Å². The molecule has 1 aliphatic rings. The fraction of sp³-hybridized carbons (Fsp3) is 0.517. The number of aliphatic hydroxyl groups is 1. The van der Waals surface area contributed by atoms with E-state index in [0.717, 1.165) is 24.2 Å². The second kappa shape index (κ2) is 15.7. The highest BCUT2D eigenvalue weighted by atomic mass is 32.2. The Hall–Kier alpha value is -3.19. The summed E-state index contributed by atoms with van der Waals surface area (Å²) < 4.78 is 38.8. The predicted molar refractivity (Wildman–Crippen MR) is 152 cm³/mol. The maximum absolute atomic E-state index is 13.4. The fourth-order valence-corrected chi connectivity index (χ4v) is 6.11. The van der Waals surface area contributed by atoms with Crippen molar-refractivity contribution < 1.29 is 37.8 Å². The van der Waals surface area contributed by atoms with Gasteiger partial charge in [-0.05, 0) is 74.6 Å². The van der Waals surface area contributed by atoms with Gasteiger partial charge in [0.15, 0.2) is 0 Å². The Labute approximate surface area is 242 Å². The number of sulfonamides is 1. The molecule has 0 bridgehead atoms. The van der Waals surface area contributed by atoms with Gasteiger partial charge >= 0.3 is 0 Å². The molecule has 0 unspecified atom stereocenters. The molecule has 11 nitrogen and oxygen atoms in total. The second-order valence-electron chi connectivity index (χ2n) is 9.90. The van der Waals surface area contributed by atoms with Crippen LogP contribution in [0, 0.1) is 5.92 Å². The van der Waals surface area contributed by atoms with Crippen LogP contribution in [0.2, 0.25) is 0 Å². The second-order valence-corrected chi connectivity index (χ2v) is 11.8. The number of hydrogen-bond acceptors (Lipinski definition) is 8. The first-order valence-electron chi connectivity index (χ1n) is 14.1. The van der Waals surface area contributed by atoms with Crippen LogP contribution in [-0.4, -0.2) is 85.2 Å². The molecule has 2 amide bonds. The van der Waals surface area contributed by atoms with E-state index in [0.29, 0.717) is 31.8 Å². The summed E-state index contributed by atoms with van der Waals surface area (Å²) in [6.45, 7) is 5.46. The molecule has 3 rings (SSSR count). The van der Waals surface area contributed by atoms with Gasteiger partial charge in [-0.3, -0.25) is 14.8 Å². The number of piperazine rings is 1. The lowest BCUT2D eigenvalue weighted by Gasteiger charge is -2.36. The van der Waals surface area contributed by atoms with Gasteiger partial charge in [-0.25, -0.2) is 13.9 Å². The molecule has 12 heteroatoms. The van der Waals surface area contributed by atoms with Crippen LogP contribution in [0.25, 0.3) is 0 Å². The average Bonchev–Trinajstić information content (AvgIpc) is 2.99. The molecule has 1 saturated heterocycles. The van der Waals surface area contributed by atoms with Gasteiger partial charge in [0.05, 0.1) is 24.0 Å². The number of aliphatic hydroxyl groups excluding tert-OH is 1. The summed E-state index contributed by atoms with van der Waals surface area (Å²) in [4.78, 5) is 27.0. The minimum absolute atomic E-state index is 0.0734. The highest BCUT2D eigenvalue weighted by molar-refractivity contribution is 7.89. The van der Waals surface area contributed by atoms with Crippen LogP contribution in [0.3, 0.4) is 0 Å². The number of ether oxygens (including phenoxy) is 2. The first-order valence-corrected chi connectivity index (χ1v) is 15.5. The van der Waals surface area contributed by atoms with Crippen molar-refractivity contribution in [3.63, 3.8) is 0 Å². The number of carbonyl (C=O) groups excluding carboxylic acids is 2. The molecule has 2 atom stereocenters. The zero-order valence-electron chi connectivity index (χ0n) is 23.7. The minimum atomic E-state index is -3.77. The van der Waals surface area contributed by atoms with Crippen LogP contribution < -0.4 is 15.0 Å². The van der Waals surface area contributed by atoms with E-state index < -0.39 is 33.9 Å². The quantitative estimate of drug-likeness (QED) is 0.163. The van der Waals surface area contributed by atoms with E-state index in [-0.39, 0.29) is 37.5 Å². The maximum Gasteiger partial charge on any atom is 0.272 e. The van der Waals surface area contributed by atoms with Crippen molar-refractivity contribution in [2.24, 2.45) is 5.92 Å². The Kier molecular flexibility index (Phi) is 12.4. The summed E-state index contributed by atoms with van der Waals surface area (Å²) in [5, 5.41) is 19.6. The van der Waals surface area contributed by atoms with Crippen molar-refractivity contribution in [3.8, 4) is 11.5 Å². The molecule has 41 heavy (non-hydrogen) atoms. The van der Waals surface area contributed by atoms with Gasteiger partial charge in [0, 0.05) is 26.2 Å². The first kappa shape index (κ1) is 32.3. The Balaban J connectivity index is 1.59. The lowest BCUT2D eigenvalue weighted by Crippen LogP contribution is -2.54. The maximum atomic E-state index is 13.4. The normalized spacial score (nSPS) is 15.7. The zero-order valence-corrected chi connectivity index (χ0v) is 24.5. The molecule has 1 fully saturated rings. The monoisotopic (exact) mass is 591 g/mol. The highest BCUT2D eigenvalue weighted by Gasteiger charge is 2.37. The van der Waals surface area contributed by atoms with E-state index in [9.17, 15) is 23.1 Å². The smallest absolute Gasteiger partial charge is 0.272 e. The van der Waals surface area contributed by atoms with E-state index in [1.807, 2.05) is 31.2 Å². The van der Waals surface area contributed by atoms with E-state index in [1.54, 1.807) is 12.1 Å². The average molecular weight is 592 g/mol. The van der Waals surface area contributed by atoms with Crippen molar-refractivity contribution in [2.45, 2.75) is 57.0 Å². The number of aryl methyl sites for hydroxylation is 1. The molecule has 0 saturated carbocycles. The molecular formula is C29H41N3O8S. The molecule has 0 spiro atoms. The summed E-state index contributed by atoms with van der Waals surface area (Å²) in [6, 6.07) is 13.9. The minimum Gasteiger partial charge on any atom is -0.494 e. The van der Waals surface area contributed by atoms with Crippen molar-refractivity contribution in [2.75, 3.05) is 39.4 Å². The largest absolute Gasteiger partial charge is 0.494 e. The molecule has 2 aromatic rings. The van der Waals surface area contributed by atoms with Gasteiger partial charge in [-0.15, -0.1) is 0 Å².